The van der Waals surface area contributed by atoms with Crippen molar-refractivity contribution in [2.45, 2.75) is 31.8 Å². The zero-order chi connectivity index (χ0) is 17.8. The number of nitrogens with zero attached hydrogens (tertiary/aromatic N) is 2. The number of aromatic hydroxyl groups is 1. The number of carbonyl (C=O) groups excluding carboxylic acids is 1. The molecule has 1 saturated carbocycles. The number of carbonyl (C=O) groups is 1. The number of hydrogen-bond acceptors (Lipinski definition) is 5. The van der Waals surface area contributed by atoms with Crippen LogP contribution in [0.15, 0.2) is 18.2 Å². The van der Waals surface area contributed by atoms with Crippen LogP contribution in [0.5, 0.6) is 5.75 Å². The van der Waals surface area contributed by atoms with Crippen LogP contribution in [0.3, 0.4) is 0 Å². The Kier molecular flexibility index (Phi) is 4.03. The predicted octanol–water partition coefficient (Wildman–Crippen LogP) is 1.03. The molecule has 0 radical (unpaired) electrons. The minimum Gasteiger partial charge on any atom is -0.508 e. The van der Waals surface area contributed by atoms with E-state index in [1.165, 1.54) is 18.9 Å². The zero-order valence-electron chi connectivity index (χ0n) is 14.4. The third kappa shape index (κ3) is 3.27. The second kappa shape index (κ2) is 5.99. The van der Waals surface area contributed by atoms with E-state index in [0.717, 1.165) is 13.1 Å². The molecule has 1 aromatic rings. The molecule has 136 valence electrons. The fourth-order valence-corrected chi connectivity index (χ4v) is 6.06. The van der Waals surface area contributed by atoms with Gasteiger partial charge in [-0.1, -0.05) is 6.07 Å². The lowest BCUT2D eigenvalue weighted by atomic mass is 10.0. The lowest BCUT2D eigenvalue weighted by Crippen LogP contribution is -2.60. The van der Waals surface area contributed by atoms with Crippen LogP contribution in [-0.2, 0) is 9.84 Å². The van der Waals surface area contributed by atoms with E-state index in [2.05, 4.69) is 4.90 Å². The summed E-state index contributed by atoms with van der Waals surface area (Å²) in [7, 11) is -3.13. The number of piperazine rings is 1. The fourth-order valence-electron chi connectivity index (χ4n) is 4.04. The van der Waals surface area contributed by atoms with Gasteiger partial charge in [-0.05, 0) is 43.4 Å². The molecule has 0 aromatic heterocycles. The Bertz CT molecular complexity index is 803. The van der Waals surface area contributed by atoms with Gasteiger partial charge in [0.25, 0.3) is 5.91 Å². The number of aryl methyl sites for hydroxylation is 1. The molecule has 2 heterocycles. The summed E-state index contributed by atoms with van der Waals surface area (Å²) >= 11 is 0. The lowest BCUT2D eigenvalue weighted by molar-refractivity contribution is 0.0318. The molecule has 0 spiro atoms. The van der Waals surface area contributed by atoms with E-state index in [4.69, 9.17) is 0 Å². The van der Waals surface area contributed by atoms with E-state index >= 15 is 0 Å². The summed E-state index contributed by atoms with van der Waals surface area (Å²) in [4.78, 5) is 17.0. The molecule has 2 atom stereocenters. The summed E-state index contributed by atoms with van der Waals surface area (Å²) in [5.74, 6) is 0.790. The highest BCUT2D eigenvalue weighted by molar-refractivity contribution is 7.91. The van der Waals surface area contributed by atoms with Crippen LogP contribution in [0.25, 0.3) is 0 Å². The second-order valence-electron chi connectivity index (χ2n) is 7.65. The number of amides is 1. The van der Waals surface area contributed by atoms with Crippen molar-refractivity contribution in [2.24, 2.45) is 5.92 Å². The summed E-state index contributed by atoms with van der Waals surface area (Å²) in [6.45, 7) is 3.98. The number of phenolic OH excluding ortho intramolecular Hbond substituents is 1. The largest absolute Gasteiger partial charge is 0.508 e. The molecule has 0 unspecified atom stereocenters. The van der Waals surface area contributed by atoms with Gasteiger partial charge in [-0.2, -0.15) is 0 Å². The molecule has 2 aliphatic heterocycles. The molecule has 2 saturated heterocycles. The van der Waals surface area contributed by atoms with Gasteiger partial charge in [-0.3, -0.25) is 9.69 Å². The average Bonchev–Trinajstić information content (AvgIpc) is 3.30. The van der Waals surface area contributed by atoms with Crippen LogP contribution < -0.4 is 0 Å². The Morgan fingerprint density at radius 3 is 2.60 bits per heavy atom. The van der Waals surface area contributed by atoms with Crippen LogP contribution >= 0.6 is 0 Å². The van der Waals surface area contributed by atoms with Crippen LogP contribution in [0.1, 0.15) is 28.8 Å². The molecule has 1 N–H and O–H groups in total. The van der Waals surface area contributed by atoms with Gasteiger partial charge in [-0.25, -0.2) is 8.42 Å². The Hall–Kier alpha value is -1.60. The van der Waals surface area contributed by atoms with Crippen molar-refractivity contribution in [1.82, 2.24) is 9.80 Å². The quantitative estimate of drug-likeness (QED) is 0.867. The maximum Gasteiger partial charge on any atom is 0.254 e. The van der Waals surface area contributed by atoms with Gasteiger partial charge in [0, 0.05) is 31.2 Å². The summed E-state index contributed by atoms with van der Waals surface area (Å²) in [6.07, 6.45) is 2.46. The normalized spacial score (nSPS) is 28.8. The van der Waals surface area contributed by atoms with Crippen molar-refractivity contribution in [3.8, 4) is 5.75 Å². The highest BCUT2D eigenvalue weighted by atomic mass is 32.2. The molecule has 6 nitrogen and oxygen atoms in total. The van der Waals surface area contributed by atoms with E-state index in [9.17, 15) is 18.3 Å². The average molecular weight is 364 g/mol. The first-order valence-corrected chi connectivity index (χ1v) is 10.7. The topological polar surface area (TPSA) is 77.9 Å². The first kappa shape index (κ1) is 16.8. The summed E-state index contributed by atoms with van der Waals surface area (Å²) in [5, 5.41) is 9.89. The molecule has 1 aliphatic carbocycles. The fraction of sp³-hybridized carbons (Fsp3) is 0.611. The monoisotopic (exact) mass is 364 g/mol. The molecule has 3 aliphatic rings. The van der Waals surface area contributed by atoms with Crippen molar-refractivity contribution >= 4 is 15.7 Å². The van der Waals surface area contributed by atoms with Gasteiger partial charge in [0.05, 0.1) is 17.5 Å². The first-order chi connectivity index (χ1) is 11.8. The summed E-state index contributed by atoms with van der Waals surface area (Å²) in [6, 6.07) is 4.52. The van der Waals surface area contributed by atoms with E-state index in [1.54, 1.807) is 24.0 Å². The van der Waals surface area contributed by atoms with Crippen LogP contribution in [-0.4, -0.2) is 72.5 Å². The Balaban J connectivity index is 1.59. The predicted molar refractivity (Wildman–Crippen MR) is 94.4 cm³/mol. The highest BCUT2D eigenvalue weighted by Gasteiger charge is 2.48. The van der Waals surface area contributed by atoms with Crippen LogP contribution in [0, 0.1) is 12.8 Å². The van der Waals surface area contributed by atoms with E-state index in [1.807, 2.05) is 0 Å². The molecule has 25 heavy (non-hydrogen) atoms. The van der Waals surface area contributed by atoms with Crippen molar-refractivity contribution in [3.63, 3.8) is 0 Å². The zero-order valence-corrected chi connectivity index (χ0v) is 15.2. The third-order valence-corrected chi connectivity index (χ3v) is 7.40. The lowest BCUT2D eigenvalue weighted by Gasteiger charge is -2.44. The van der Waals surface area contributed by atoms with Gasteiger partial charge >= 0.3 is 0 Å². The van der Waals surface area contributed by atoms with Crippen molar-refractivity contribution in [2.75, 3.05) is 31.1 Å². The number of fused-ring (bicyclic) bond motifs is 1. The van der Waals surface area contributed by atoms with Crippen molar-refractivity contribution in [3.05, 3.63) is 29.3 Å². The summed E-state index contributed by atoms with van der Waals surface area (Å²) in [5.41, 5.74) is 1.13. The third-order valence-electron chi connectivity index (χ3n) is 5.70. The molecule has 1 aromatic carbocycles. The van der Waals surface area contributed by atoms with Crippen molar-refractivity contribution < 1.29 is 18.3 Å². The number of rotatable bonds is 3. The molecule has 1 amide bonds. The minimum atomic E-state index is -3.13. The molecular weight excluding hydrogens is 340 g/mol. The Morgan fingerprint density at radius 2 is 1.92 bits per heavy atom. The van der Waals surface area contributed by atoms with E-state index < -0.39 is 9.84 Å². The molecule has 7 heteroatoms. The molecular formula is C18H24N2O4S. The molecule has 0 bridgehead atoms. The maximum atomic E-state index is 13.0. The smallest absolute Gasteiger partial charge is 0.254 e. The number of benzene rings is 1. The standard InChI is InChI=1S/C18H24N2O4S/c1-12-2-5-14(8-17(12)21)18(22)20-7-6-19(9-13-3-4-13)15-10-25(23,24)11-16(15)20/h2,5,8,13,15-16,21H,3-4,6-7,9-11H2,1H3/t15-,16+/m1/s1. The van der Waals surface area contributed by atoms with Crippen LogP contribution in [0.4, 0.5) is 0 Å². The van der Waals surface area contributed by atoms with Crippen LogP contribution in [0.2, 0.25) is 0 Å². The van der Waals surface area contributed by atoms with E-state index in [-0.39, 0.29) is 35.2 Å². The molecule has 4 rings (SSSR count). The van der Waals surface area contributed by atoms with Gasteiger partial charge in [-0.15, -0.1) is 0 Å². The Labute approximate surface area is 148 Å². The SMILES string of the molecule is Cc1ccc(C(=O)N2CCN(CC3CC3)[C@@H]3CS(=O)(=O)C[C@@H]32)cc1O. The highest BCUT2D eigenvalue weighted by Crippen LogP contribution is 2.34. The van der Waals surface area contributed by atoms with Gasteiger partial charge in [0.2, 0.25) is 0 Å². The molecule has 3 fully saturated rings. The van der Waals surface area contributed by atoms with Gasteiger partial charge in [0.1, 0.15) is 5.75 Å². The number of phenols is 1. The number of sulfone groups is 1. The van der Waals surface area contributed by atoms with Gasteiger partial charge in [0.15, 0.2) is 9.84 Å². The van der Waals surface area contributed by atoms with E-state index in [0.29, 0.717) is 23.6 Å². The second-order valence-corrected chi connectivity index (χ2v) is 9.80. The first-order valence-electron chi connectivity index (χ1n) is 8.89. The van der Waals surface area contributed by atoms with Crippen molar-refractivity contribution in [1.29, 1.82) is 0 Å². The summed E-state index contributed by atoms with van der Waals surface area (Å²) < 4.78 is 24.5. The number of hydrogen-bond donors (Lipinski definition) is 1. The minimum absolute atomic E-state index is 0.0441. The maximum absolute atomic E-state index is 13.0. The Morgan fingerprint density at radius 1 is 1.20 bits per heavy atom. The van der Waals surface area contributed by atoms with Gasteiger partial charge < -0.3 is 10.0 Å².